The molecule has 0 atom stereocenters. The van der Waals surface area contributed by atoms with E-state index >= 15 is 0 Å². The van der Waals surface area contributed by atoms with Crippen molar-refractivity contribution in [1.29, 1.82) is 0 Å². The van der Waals surface area contributed by atoms with E-state index in [9.17, 15) is 0 Å². The molecule has 0 amide bonds. The van der Waals surface area contributed by atoms with Gasteiger partial charge in [0, 0.05) is 41.8 Å². The van der Waals surface area contributed by atoms with Crippen LogP contribution in [0.3, 0.4) is 0 Å². The van der Waals surface area contributed by atoms with Crippen molar-refractivity contribution in [2.24, 2.45) is 0 Å². The second kappa shape index (κ2) is 10.6. The predicted octanol–water partition coefficient (Wildman–Crippen LogP) is 6.42. The van der Waals surface area contributed by atoms with Crippen molar-refractivity contribution in [2.75, 3.05) is 27.3 Å². The Kier molecular flexibility index (Phi) is 7.59. The third-order valence-electron chi connectivity index (χ3n) is 5.93. The zero-order valence-electron chi connectivity index (χ0n) is 18.4. The van der Waals surface area contributed by atoms with Gasteiger partial charge in [-0.1, -0.05) is 53.5 Å². The summed E-state index contributed by atoms with van der Waals surface area (Å²) in [5, 5.41) is 1.40. The summed E-state index contributed by atoms with van der Waals surface area (Å²) in [5.41, 5.74) is 3.42. The quantitative estimate of drug-likeness (QED) is 0.397. The maximum absolute atomic E-state index is 6.71. The van der Waals surface area contributed by atoms with Crippen LogP contribution in [0.25, 0.3) is 0 Å². The third kappa shape index (κ3) is 5.21. The first-order valence-electron chi connectivity index (χ1n) is 10.8. The van der Waals surface area contributed by atoms with Crippen LogP contribution in [0.5, 0.6) is 11.5 Å². The first-order valence-corrected chi connectivity index (χ1v) is 11.5. The van der Waals surface area contributed by atoms with E-state index in [-0.39, 0.29) is 6.17 Å². The van der Waals surface area contributed by atoms with Gasteiger partial charge in [0.2, 0.25) is 0 Å². The molecule has 0 bridgehead atoms. The van der Waals surface area contributed by atoms with Gasteiger partial charge in [-0.05, 0) is 53.9 Å². The number of benzene rings is 3. The SMILES string of the molecule is COc1ccc(CN2CCCN(Cc3ccc(OC)cc3)C2c2c(Cl)cccc2Cl)cc1. The summed E-state index contributed by atoms with van der Waals surface area (Å²) in [4.78, 5) is 4.92. The van der Waals surface area contributed by atoms with Crippen LogP contribution in [-0.4, -0.2) is 37.1 Å². The van der Waals surface area contributed by atoms with Crippen LogP contribution in [0.1, 0.15) is 29.3 Å². The van der Waals surface area contributed by atoms with E-state index in [1.54, 1.807) is 14.2 Å². The van der Waals surface area contributed by atoms with Gasteiger partial charge in [0.25, 0.3) is 0 Å². The largest absolute Gasteiger partial charge is 0.497 e. The number of ether oxygens (including phenoxy) is 2. The minimum absolute atomic E-state index is 0.0193. The molecule has 0 aromatic heterocycles. The Labute approximate surface area is 200 Å². The van der Waals surface area contributed by atoms with Crippen LogP contribution >= 0.6 is 23.2 Å². The van der Waals surface area contributed by atoms with Crippen molar-refractivity contribution in [3.63, 3.8) is 0 Å². The average Bonchev–Trinajstić information content (AvgIpc) is 2.81. The van der Waals surface area contributed by atoms with Crippen molar-refractivity contribution < 1.29 is 9.47 Å². The molecule has 3 aromatic carbocycles. The summed E-state index contributed by atoms with van der Waals surface area (Å²) in [6.45, 7) is 3.54. The Morgan fingerprint density at radius 1 is 0.719 bits per heavy atom. The summed E-state index contributed by atoms with van der Waals surface area (Å²) in [7, 11) is 3.37. The van der Waals surface area contributed by atoms with Gasteiger partial charge in [0.05, 0.1) is 20.4 Å². The molecule has 4 nitrogen and oxygen atoms in total. The van der Waals surface area contributed by atoms with Gasteiger partial charge < -0.3 is 9.47 Å². The highest BCUT2D eigenvalue weighted by Crippen LogP contribution is 2.39. The van der Waals surface area contributed by atoms with Crippen molar-refractivity contribution >= 4 is 23.2 Å². The molecule has 0 aliphatic carbocycles. The number of methoxy groups -OCH3 is 2. The summed E-state index contributed by atoms with van der Waals surface area (Å²) in [6, 6.07) is 22.2. The van der Waals surface area contributed by atoms with Crippen LogP contribution in [0.2, 0.25) is 10.0 Å². The second-order valence-electron chi connectivity index (χ2n) is 8.00. The van der Waals surface area contributed by atoms with Gasteiger partial charge in [0.15, 0.2) is 0 Å². The number of rotatable bonds is 7. The van der Waals surface area contributed by atoms with Gasteiger partial charge in [-0.25, -0.2) is 0 Å². The van der Waals surface area contributed by atoms with Crippen LogP contribution in [0.15, 0.2) is 66.7 Å². The smallest absolute Gasteiger partial charge is 0.118 e. The van der Waals surface area contributed by atoms with E-state index in [1.165, 1.54) is 11.1 Å². The van der Waals surface area contributed by atoms with E-state index in [0.29, 0.717) is 10.0 Å². The summed E-state index contributed by atoms with van der Waals surface area (Å²) >= 11 is 13.4. The Hall–Kier alpha value is -2.24. The first-order chi connectivity index (χ1) is 15.6. The van der Waals surface area contributed by atoms with Crippen LogP contribution in [-0.2, 0) is 13.1 Å². The topological polar surface area (TPSA) is 24.9 Å². The normalized spacial score (nSPS) is 15.6. The van der Waals surface area contributed by atoms with Crippen molar-refractivity contribution in [3.05, 3.63) is 93.5 Å². The minimum Gasteiger partial charge on any atom is -0.497 e. The van der Waals surface area contributed by atoms with Gasteiger partial charge in [-0.2, -0.15) is 0 Å². The van der Waals surface area contributed by atoms with E-state index in [0.717, 1.165) is 49.7 Å². The van der Waals surface area contributed by atoms with E-state index < -0.39 is 0 Å². The zero-order chi connectivity index (χ0) is 22.5. The summed E-state index contributed by atoms with van der Waals surface area (Å²) in [5.74, 6) is 1.72. The predicted molar refractivity (Wildman–Crippen MR) is 131 cm³/mol. The van der Waals surface area contributed by atoms with Crippen molar-refractivity contribution in [1.82, 2.24) is 9.80 Å². The Bertz CT molecular complexity index is 947. The molecular formula is C26H28Cl2N2O2. The molecule has 6 heteroatoms. The molecule has 0 spiro atoms. The summed E-state index contributed by atoms with van der Waals surface area (Å²) < 4.78 is 10.6. The maximum atomic E-state index is 6.71. The lowest BCUT2D eigenvalue weighted by molar-refractivity contribution is -0.00898. The fraction of sp³-hybridized carbons (Fsp3) is 0.308. The molecule has 32 heavy (non-hydrogen) atoms. The molecule has 0 N–H and O–H groups in total. The molecule has 0 unspecified atom stereocenters. The van der Waals surface area contributed by atoms with Gasteiger partial charge in [-0.15, -0.1) is 0 Å². The fourth-order valence-corrected chi connectivity index (χ4v) is 4.93. The Balaban J connectivity index is 1.66. The molecule has 1 aliphatic rings. The first kappa shape index (κ1) is 22.9. The fourth-order valence-electron chi connectivity index (χ4n) is 4.34. The number of hydrogen-bond acceptors (Lipinski definition) is 4. The molecule has 1 aliphatic heterocycles. The third-order valence-corrected chi connectivity index (χ3v) is 6.59. The molecule has 0 radical (unpaired) electrons. The average molecular weight is 471 g/mol. The molecule has 0 saturated carbocycles. The lowest BCUT2D eigenvalue weighted by Crippen LogP contribution is -2.47. The van der Waals surface area contributed by atoms with E-state index in [1.807, 2.05) is 42.5 Å². The van der Waals surface area contributed by atoms with Crippen LogP contribution < -0.4 is 9.47 Å². The number of halogens is 2. The minimum atomic E-state index is -0.0193. The molecule has 4 rings (SSSR count). The van der Waals surface area contributed by atoms with E-state index in [4.69, 9.17) is 32.7 Å². The van der Waals surface area contributed by atoms with Crippen molar-refractivity contribution in [3.8, 4) is 11.5 Å². The van der Waals surface area contributed by atoms with E-state index in [2.05, 4.69) is 34.1 Å². The highest BCUT2D eigenvalue weighted by molar-refractivity contribution is 6.36. The second-order valence-corrected chi connectivity index (χ2v) is 8.81. The maximum Gasteiger partial charge on any atom is 0.118 e. The standard InChI is InChI=1S/C26H28Cl2N2O2/c1-31-21-11-7-19(8-12-21)17-29-15-4-16-30(18-20-9-13-22(32-2)14-10-20)26(29)25-23(27)5-3-6-24(25)28/h3,5-14,26H,4,15-18H2,1-2H3. The Morgan fingerprint density at radius 3 is 1.56 bits per heavy atom. The lowest BCUT2D eigenvalue weighted by atomic mass is 10.0. The zero-order valence-corrected chi connectivity index (χ0v) is 19.9. The van der Waals surface area contributed by atoms with Gasteiger partial charge in [-0.3, -0.25) is 9.80 Å². The lowest BCUT2D eigenvalue weighted by Gasteiger charge is -2.45. The number of hydrogen-bond donors (Lipinski definition) is 0. The highest BCUT2D eigenvalue weighted by atomic mass is 35.5. The monoisotopic (exact) mass is 470 g/mol. The molecule has 3 aromatic rings. The number of nitrogens with zero attached hydrogens (tertiary/aromatic N) is 2. The van der Waals surface area contributed by atoms with Gasteiger partial charge >= 0.3 is 0 Å². The van der Waals surface area contributed by atoms with Crippen LogP contribution in [0, 0.1) is 0 Å². The van der Waals surface area contributed by atoms with Gasteiger partial charge in [0.1, 0.15) is 11.5 Å². The van der Waals surface area contributed by atoms with Crippen LogP contribution in [0.4, 0.5) is 0 Å². The van der Waals surface area contributed by atoms with Crippen molar-refractivity contribution in [2.45, 2.75) is 25.7 Å². The molecular weight excluding hydrogens is 443 g/mol. The Morgan fingerprint density at radius 2 is 1.16 bits per heavy atom. The molecule has 168 valence electrons. The summed E-state index contributed by atoms with van der Waals surface area (Å²) in [6.07, 6.45) is 1.05. The highest BCUT2D eigenvalue weighted by Gasteiger charge is 2.33. The molecule has 1 heterocycles. The molecule has 1 fully saturated rings. The molecule has 1 saturated heterocycles.